The second-order valence-corrected chi connectivity index (χ2v) is 9.05. The summed E-state index contributed by atoms with van der Waals surface area (Å²) < 4.78 is 36.3. The lowest BCUT2D eigenvalue weighted by Crippen LogP contribution is -2.33. The Labute approximate surface area is 187 Å². The van der Waals surface area contributed by atoms with Gasteiger partial charge in [0.1, 0.15) is 35.4 Å². The van der Waals surface area contributed by atoms with Gasteiger partial charge in [-0.05, 0) is 25.1 Å². The molecule has 0 radical (unpaired) electrons. The van der Waals surface area contributed by atoms with Gasteiger partial charge in [-0.3, -0.25) is 18.6 Å². The molecule has 174 valence electrons. The van der Waals surface area contributed by atoms with Crippen molar-refractivity contribution in [3.63, 3.8) is 0 Å². The monoisotopic (exact) mass is 476 g/mol. The molecule has 5 rings (SSSR count). The molecule has 2 aliphatic rings. The number of aliphatic hydroxyl groups excluding tert-OH is 2. The van der Waals surface area contributed by atoms with E-state index in [1.807, 2.05) is 0 Å². The van der Waals surface area contributed by atoms with E-state index in [1.165, 1.54) is 10.9 Å². The largest absolute Gasteiger partial charge is 0.530 e. The first kappa shape index (κ1) is 21.9. The van der Waals surface area contributed by atoms with Crippen LogP contribution in [0.4, 0.5) is 5.82 Å². The molecule has 2 aliphatic heterocycles. The normalized spacial score (nSPS) is 29.7. The van der Waals surface area contributed by atoms with E-state index in [2.05, 4.69) is 19.9 Å². The van der Waals surface area contributed by atoms with Crippen molar-refractivity contribution >= 4 is 30.6 Å². The van der Waals surface area contributed by atoms with Crippen LogP contribution in [0.1, 0.15) is 17.6 Å². The van der Waals surface area contributed by atoms with Crippen LogP contribution in [0, 0.1) is 6.92 Å². The van der Waals surface area contributed by atoms with Crippen molar-refractivity contribution in [1.29, 1.82) is 0 Å². The maximum absolute atomic E-state index is 13.0. The number of fused-ring (bicyclic) bond motifs is 1. The van der Waals surface area contributed by atoms with Gasteiger partial charge >= 0.3 is 7.82 Å². The maximum Gasteiger partial charge on any atom is 0.530 e. The van der Waals surface area contributed by atoms with Crippen molar-refractivity contribution in [1.82, 2.24) is 24.5 Å². The number of ether oxygens (including phenoxy) is 1. The number of anilines is 1. The number of aromatic nitrogens is 5. The Bertz CT molecular complexity index is 1250. The minimum atomic E-state index is -3.98. The SMILES string of the molecule is Cc1nc(N)c2ncn([C@@H]3O[C@H](COP4(=O)OCC=C(c5ccncc5)O4)[C@@H](O)[C@H]3O)c2n1. The van der Waals surface area contributed by atoms with Crippen molar-refractivity contribution in [2.45, 2.75) is 31.5 Å². The predicted molar refractivity (Wildman–Crippen MR) is 113 cm³/mol. The topological polar surface area (TPSA) is 177 Å². The Kier molecular flexibility index (Phi) is 5.60. The minimum Gasteiger partial charge on any atom is -0.404 e. The number of phosphoric acid groups is 1. The highest BCUT2D eigenvalue weighted by molar-refractivity contribution is 7.48. The van der Waals surface area contributed by atoms with Gasteiger partial charge in [0.2, 0.25) is 0 Å². The van der Waals surface area contributed by atoms with Crippen LogP contribution < -0.4 is 5.73 Å². The lowest BCUT2D eigenvalue weighted by atomic mass is 10.1. The average Bonchev–Trinajstić information content (AvgIpc) is 3.34. The maximum atomic E-state index is 13.0. The van der Waals surface area contributed by atoms with E-state index in [4.69, 9.17) is 24.0 Å². The van der Waals surface area contributed by atoms with Crippen LogP contribution in [-0.4, -0.2) is 66.2 Å². The number of nitrogen functional groups attached to an aromatic ring is 1. The highest BCUT2D eigenvalue weighted by Crippen LogP contribution is 2.55. The number of nitrogens with zero attached hydrogens (tertiary/aromatic N) is 5. The lowest BCUT2D eigenvalue weighted by molar-refractivity contribution is -0.0514. The number of hydrogen-bond donors (Lipinski definition) is 3. The van der Waals surface area contributed by atoms with Gasteiger partial charge in [0, 0.05) is 18.0 Å². The lowest BCUT2D eigenvalue weighted by Gasteiger charge is -2.25. The number of nitrogens with two attached hydrogens (primary N) is 1. The third-order valence-electron chi connectivity index (χ3n) is 5.24. The molecule has 3 aromatic rings. The van der Waals surface area contributed by atoms with Crippen LogP contribution in [0.3, 0.4) is 0 Å². The molecule has 13 nitrogen and oxygen atoms in total. The molecular weight excluding hydrogens is 455 g/mol. The summed E-state index contributed by atoms with van der Waals surface area (Å²) in [5.41, 5.74) is 7.24. The fourth-order valence-electron chi connectivity index (χ4n) is 3.64. The summed E-state index contributed by atoms with van der Waals surface area (Å²) in [6.45, 7) is 1.31. The summed E-state index contributed by atoms with van der Waals surface area (Å²) in [7, 11) is -3.98. The van der Waals surface area contributed by atoms with Gasteiger partial charge in [0.05, 0.1) is 19.5 Å². The van der Waals surface area contributed by atoms with E-state index >= 15 is 0 Å². The molecule has 0 aliphatic carbocycles. The fourth-order valence-corrected chi connectivity index (χ4v) is 4.83. The number of aliphatic hydroxyl groups is 2. The van der Waals surface area contributed by atoms with Gasteiger partial charge in [-0.25, -0.2) is 19.5 Å². The Morgan fingerprint density at radius 2 is 2.06 bits per heavy atom. The molecular formula is C19H21N6O7P. The molecule has 5 atom stereocenters. The Morgan fingerprint density at radius 3 is 2.85 bits per heavy atom. The van der Waals surface area contributed by atoms with E-state index in [9.17, 15) is 14.8 Å². The molecule has 0 amide bonds. The Morgan fingerprint density at radius 1 is 1.27 bits per heavy atom. The standard InChI is InChI=1S/C19H21N6O7P/c1-10-23-17(20)14-18(24-10)25(9-22-14)19-16(27)15(26)13(31-19)8-30-33(28)29-7-4-12(32-33)11-2-5-21-6-3-11/h2-6,9,13,15-16,19,26-27H,7-8H2,1H3,(H2,20,23,24)/t13-,15-,16-,19-,33?/m1/s1. The fraction of sp³-hybridized carbons (Fsp3) is 0.368. The Hall–Kier alpha value is -2.93. The van der Waals surface area contributed by atoms with E-state index in [0.717, 1.165) is 0 Å². The quantitative estimate of drug-likeness (QED) is 0.445. The molecule has 0 saturated carbocycles. The van der Waals surface area contributed by atoms with Gasteiger partial charge in [-0.2, -0.15) is 0 Å². The minimum absolute atomic E-state index is 0.00969. The molecule has 0 aromatic carbocycles. The molecule has 1 unspecified atom stereocenters. The zero-order chi connectivity index (χ0) is 23.2. The van der Waals surface area contributed by atoms with Crippen LogP contribution >= 0.6 is 7.82 Å². The summed E-state index contributed by atoms with van der Waals surface area (Å²) in [4.78, 5) is 16.5. The van der Waals surface area contributed by atoms with Gasteiger partial charge < -0.3 is 25.2 Å². The molecule has 4 N–H and O–H groups in total. The zero-order valence-electron chi connectivity index (χ0n) is 17.4. The van der Waals surface area contributed by atoms with E-state index in [1.54, 1.807) is 37.5 Å². The van der Waals surface area contributed by atoms with Gasteiger partial charge in [0.15, 0.2) is 17.7 Å². The second-order valence-electron chi connectivity index (χ2n) is 7.46. The first-order valence-electron chi connectivity index (χ1n) is 10.0. The zero-order valence-corrected chi connectivity index (χ0v) is 18.3. The smallest absolute Gasteiger partial charge is 0.404 e. The summed E-state index contributed by atoms with van der Waals surface area (Å²) in [6, 6.07) is 3.39. The number of phosphoric ester groups is 1. The first-order chi connectivity index (χ1) is 15.8. The molecule has 0 spiro atoms. The third-order valence-corrected chi connectivity index (χ3v) is 6.60. The van der Waals surface area contributed by atoms with Crippen LogP contribution in [0.2, 0.25) is 0 Å². The highest BCUT2D eigenvalue weighted by Gasteiger charge is 2.46. The van der Waals surface area contributed by atoms with Crippen LogP contribution in [-0.2, 0) is 22.9 Å². The first-order valence-corrected chi connectivity index (χ1v) is 11.5. The molecule has 14 heteroatoms. The number of hydrogen-bond acceptors (Lipinski definition) is 12. The summed E-state index contributed by atoms with van der Waals surface area (Å²) in [6.07, 6.45) is 1.41. The molecule has 5 heterocycles. The third kappa shape index (κ3) is 4.10. The van der Waals surface area contributed by atoms with Crippen molar-refractivity contribution in [2.24, 2.45) is 0 Å². The Balaban J connectivity index is 1.30. The summed E-state index contributed by atoms with van der Waals surface area (Å²) in [5, 5.41) is 21.1. The van der Waals surface area contributed by atoms with Gasteiger partial charge in [-0.15, -0.1) is 0 Å². The molecule has 33 heavy (non-hydrogen) atoms. The van der Waals surface area contributed by atoms with E-state index in [-0.39, 0.29) is 19.0 Å². The van der Waals surface area contributed by atoms with Crippen LogP contribution in [0.5, 0.6) is 0 Å². The number of pyridine rings is 1. The average molecular weight is 476 g/mol. The number of imidazole rings is 1. The molecule has 3 aromatic heterocycles. The van der Waals surface area contributed by atoms with Gasteiger partial charge in [-0.1, -0.05) is 0 Å². The molecule has 1 fully saturated rings. The highest BCUT2D eigenvalue weighted by atomic mass is 31.2. The van der Waals surface area contributed by atoms with E-state index in [0.29, 0.717) is 28.3 Å². The van der Waals surface area contributed by atoms with Gasteiger partial charge in [0.25, 0.3) is 0 Å². The molecule has 0 bridgehead atoms. The number of rotatable bonds is 5. The van der Waals surface area contributed by atoms with Crippen LogP contribution in [0.25, 0.3) is 16.9 Å². The second kappa shape index (κ2) is 8.45. The van der Waals surface area contributed by atoms with Crippen molar-refractivity contribution in [3.05, 3.63) is 48.3 Å². The summed E-state index contributed by atoms with van der Waals surface area (Å²) in [5.74, 6) is 0.930. The van der Waals surface area contributed by atoms with Crippen molar-refractivity contribution in [2.75, 3.05) is 18.9 Å². The molecule has 1 saturated heterocycles. The van der Waals surface area contributed by atoms with Crippen LogP contribution in [0.15, 0.2) is 36.9 Å². The summed E-state index contributed by atoms with van der Waals surface area (Å²) >= 11 is 0. The predicted octanol–water partition coefficient (Wildman–Crippen LogP) is 0.944. The number of aryl methyl sites for hydroxylation is 1. The van der Waals surface area contributed by atoms with Crippen molar-refractivity contribution < 1.29 is 33.1 Å². The van der Waals surface area contributed by atoms with Crippen molar-refractivity contribution in [3.8, 4) is 0 Å². The van der Waals surface area contributed by atoms with E-state index < -0.39 is 32.4 Å².